The summed E-state index contributed by atoms with van der Waals surface area (Å²) in [4.78, 5) is 24.2. The summed E-state index contributed by atoms with van der Waals surface area (Å²) in [7, 11) is 6.52. The second-order valence-corrected chi connectivity index (χ2v) is 31.4. The third-order valence-corrected chi connectivity index (χ3v) is 23.2. The zero-order valence-electron chi connectivity index (χ0n) is 67.4. The maximum atomic E-state index is 4.56. The van der Waals surface area contributed by atoms with Gasteiger partial charge in [0.1, 0.15) is 0 Å². The van der Waals surface area contributed by atoms with E-state index < -0.39 is 0 Å². The number of aromatic nitrogens is 17. The molecule has 9 heterocycles. The summed E-state index contributed by atoms with van der Waals surface area (Å²) in [5.74, 6) is 3.67. The van der Waals surface area contributed by atoms with Gasteiger partial charge in [0.05, 0.1) is 37.3 Å². The molecule has 7 aromatic carbocycles. The summed E-state index contributed by atoms with van der Waals surface area (Å²) in [6.07, 6.45) is 12.5. The molecule has 17 rings (SSSR count). The molecule has 4 saturated heterocycles. The Morgan fingerprint density at radius 3 is 0.948 bits per heavy atom. The summed E-state index contributed by atoms with van der Waals surface area (Å²) in [6.45, 7) is 26.0. The highest BCUT2D eigenvalue weighted by molar-refractivity contribution is 5.33. The Kier molecular flexibility index (Phi) is 30.0. The Morgan fingerprint density at radius 1 is 0.313 bits per heavy atom. The quantitative estimate of drug-likeness (QED) is 0.0582. The van der Waals surface area contributed by atoms with Crippen molar-refractivity contribution in [3.05, 3.63) is 303 Å². The lowest BCUT2D eigenvalue weighted by Crippen LogP contribution is -2.52. The van der Waals surface area contributed by atoms with E-state index in [1.165, 1.54) is 87.7 Å². The largest absolute Gasteiger partial charge is 0.304 e. The third kappa shape index (κ3) is 22.6. The molecule has 5 aromatic heterocycles. The summed E-state index contributed by atoms with van der Waals surface area (Å²) in [6, 6.07) is 73.4. The van der Waals surface area contributed by atoms with Crippen LogP contribution in [0, 0.1) is 20.8 Å². The van der Waals surface area contributed by atoms with Crippen LogP contribution in [-0.2, 0) is 39.0 Å². The van der Waals surface area contributed by atoms with Crippen LogP contribution in [0.15, 0.2) is 219 Å². The molecule has 115 heavy (non-hydrogen) atoms. The SMILES string of the molecule is C.CN1CCN(C(c2cccnc2)c2nnnn2Cc2ccccc2)CC1.Cc1ccc(C(c2nnnn2CCc2ccccc2)N2CCN(C)CC2)cc1.Cc1ccc(C(c2nnnn2CCc2ccccc2)N2CCN(C3CCCCC3)CC2)cc1.Cc1ccc(C(c2nnnn2Cc2ccccc2)N2CCN(C)CC2)cc1. The molecule has 25 nitrogen and oxygen atoms in total. The molecule has 5 aliphatic rings. The second-order valence-electron chi connectivity index (χ2n) is 31.4. The van der Waals surface area contributed by atoms with E-state index in [-0.39, 0.29) is 31.6 Å². The van der Waals surface area contributed by atoms with E-state index in [4.69, 9.17) is 0 Å². The Bertz CT molecular complexity index is 4720. The first-order chi connectivity index (χ1) is 56.0. The van der Waals surface area contributed by atoms with Gasteiger partial charge in [0.25, 0.3) is 0 Å². The van der Waals surface area contributed by atoms with Crippen LogP contribution in [0.25, 0.3) is 0 Å². The number of tetrazole rings is 4. The molecule has 1 saturated carbocycles. The first kappa shape index (κ1) is 82.6. The zero-order chi connectivity index (χ0) is 78.2. The fourth-order valence-electron chi connectivity index (χ4n) is 16.4. The van der Waals surface area contributed by atoms with Crippen LogP contribution in [0.5, 0.6) is 0 Å². The average Bonchev–Trinajstić information content (AvgIpc) is 1.77. The molecule has 0 N–H and O–H groups in total. The lowest BCUT2D eigenvalue weighted by molar-refractivity contribution is 0.0619. The van der Waals surface area contributed by atoms with Gasteiger partial charge in [-0.1, -0.05) is 244 Å². The first-order valence-electron chi connectivity index (χ1n) is 41.1. The zero-order valence-corrected chi connectivity index (χ0v) is 67.4. The van der Waals surface area contributed by atoms with Crippen molar-refractivity contribution in [2.24, 2.45) is 0 Å². The fourth-order valence-corrected chi connectivity index (χ4v) is 16.4. The van der Waals surface area contributed by atoms with E-state index >= 15 is 0 Å². The third-order valence-electron chi connectivity index (χ3n) is 23.2. The summed E-state index contributed by atoms with van der Waals surface area (Å²) in [5.41, 5.74) is 13.7. The summed E-state index contributed by atoms with van der Waals surface area (Å²) >= 11 is 0. The Morgan fingerprint density at radius 2 is 0.617 bits per heavy atom. The molecule has 0 bridgehead atoms. The van der Waals surface area contributed by atoms with Crippen LogP contribution in [0.1, 0.15) is 148 Å². The Labute approximate surface area is 680 Å². The molecule has 5 fully saturated rings. The van der Waals surface area contributed by atoms with Gasteiger partial charge < -0.3 is 14.7 Å². The minimum atomic E-state index is 0. The fraction of sp³-hybridized carbons (Fsp3) is 0.433. The molecular weight excluding hydrogens is 1430 g/mol. The number of nitrogens with zero attached hydrogens (tertiary/aromatic N) is 25. The van der Waals surface area contributed by atoms with Crippen molar-refractivity contribution in [1.82, 2.24) is 125 Å². The van der Waals surface area contributed by atoms with E-state index in [1.807, 2.05) is 61.3 Å². The molecule has 4 atom stereocenters. The maximum absolute atomic E-state index is 4.56. The number of benzene rings is 7. The first-order valence-corrected chi connectivity index (χ1v) is 41.1. The van der Waals surface area contributed by atoms with Crippen LogP contribution < -0.4 is 0 Å². The topological polar surface area (TPSA) is 213 Å². The predicted octanol–water partition coefficient (Wildman–Crippen LogP) is 11.3. The second kappa shape index (κ2) is 41.8. The standard InChI is InChI=1S/C27H36N6.C22H28N6.C21H26N6.C19H23N7.CH4/c1-22-12-14-24(15-13-22)26(32-20-18-31(19-21-32)25-10-6-3-7-11-25)27-28-29-30-33(27)17-16-23-8-4-2-5-9-23;1-18-8-10-20(11-9-18)21(27-16-14-26(2)15-17-27)22-23-24-25-28(22)13-12-19-6-4-3-5-7-19;1-17-8-10-19(11-9-17)20(26-14-12-25(2)13-15-26)21-22-23-24-27(21)16-18-6-4-3-5-7-18;1-24-10-12-25(13-11-24)18(17-8-5-9-20-14-17)19-21-22-23-26(19)15-16-6-3-2-4-7-16;/h2,4-5,8-9,12-15,25-26H,3,6-7,10-11,16-21H2,1H3;3-11,21H,12-17H2,1-2H3;3-11,20H,12-16H2,1-2H3;2-9,14,18H,10-13,15H2,1H3;1H4. The maximum Gasteiger partial charge on any atom is 0.173 e. The van der Waals surface area contributed by atoms with Crippen LogP contribution in [0.4, 0.5) is 0 Å². The van der Waals surface area contributed by atoms with Crippen molar-refractivity contribution >= 4 is 0 Å². The molecule has 12 aromatic rings. The smallest absolute Gasteiger partial charge is 0.173 e. The number of hydrogen-bond donors (Lipinski definition) is 0. The van der Waals surface area contributed by atoms with E-state index in [1.54, 1.807) is 6.20 Å². The molecule has 0 amide bonds. The van der Waals surface area contributed by atoms with Crippen LogP contribution in [0.3, 0.4) is 0 Å². The minimum absolute atomic E-state index is 0. The lowest BCUT2D eigenvalue weighted by atomic mass is 9.93. The van der Waals surface area contributed by atoms with Crippen LogP contribution in [-0.4, -0.2) is 257 Å². The average molecular weight is 1550 g/mol. The van der Waals surface area contributed by atoms with Gasteiger partial charge >= 0.3 is 0 Å². The van der Waals surface area contributed by atoms with E-state index in [2.05, 4.69) is 318 Å². The van der Waals surface area contributed by atoms with Gasteiger partial charge in [-0.2, -0.15) is 0 Å². The van der Waals surface area contributed by atoms with E-state index in [0.717, 1.165) is 166 Å². The number of pyridine rings is 1. The van der Waals surface area contributed by atoms with E-state index in [0.29, 0.717) is 13.1 Å². The minimum Gasteiger partial charge on any atom is -0.304 e. The molecular formula is C90H117N25. The van der Waals surface area contributed by atoms with Gasteiger partial charge in [0, 0.05) is 136 Å². The highest BCUT2D eigenvalue weighted by atomic mass is 15.6. The number of likely N-dealkylation sites (N-methyl/N-ethyl adjacent to an activating group) is 3. The number of piperazine rings is 4. The van der Waals surface area contributed by atoms with Crippen LogP contribution in [0.2, 0.25) is 0 Å². The number of rotatable bonds is 23. The summed E-state index contributed by atoms with van der Waals surface area (Å²) in [5, 5.41) is 51.3. The Balaban J connectivity index is 0.000000134. The number of hydrogen-bond acceptors (Lipinski definition) is 21. The monoisotopic (exact) mass is 1550 g/mol. The molecule has 4 unspecified atom stereocenters. The Hall–Kier alpha value is -10.4. The predicted molar refractivity (Wildman–Crippen MR) is 452 cm³/mol. The van der Waals surface area contributed by atoms with E-state index in [9.17, 15) is 0 Å². The lowest BCUT2D eigenvalue weighted by Gasteiger charge is -2.43. The van der Waals surface area contributed by atoms with Crippen molar-refractivity contribution in [3.8, 4) is 0 Å². The normalized spacial score (nSPS) is 17.7. The summed E-state index contributed by atoms with van der Waals surface area (Å²) < 4.78 is 7.85. The van der Waals surface area contributed by atoms with Gasteiger partial charge in [-0.3, -0.25) is 29.5 Å². The van der Waals surface area contributed by atoms with Gasteiger partial charge in [-0.05, 0) is 160 Å². The van der Waals surface area contributed by atoms with Crippen molar-refractivity contribution < 1.29 is 0 Å². The number of aryl methyl sites for hydroxylation is 7. The van der Waals surface area contributed by atoms with Crippen molar-refractivity contribution in [2.45, 2.75) is 130 Å². The van der Waals surface area contributed by atoms with Crippen LogP contribution >= 0.6 is 0 Å². The highest BCUT2D eigenvalue weighted by Gasteiger charge is 2.36. The van der Waals surface area contributed by atoms with Crippen molar-refractivity contribution in [3.63, 3.8) is 0 Å². The molecule has 4 aliphatic heterocycles. The van der Waals surface area contributed by atoms with Crippen molar-refractivity contribution in [1.29, 1.82) is 0 Å². The molecule has 25 heteroatoms. The molecule has 602 valence electrons. The molecule has 1 aliphatic carbocycles. The highest BCUT2D eigenvalue weighted by Crippen LogP contribution is 2.34. The van der Waals surface area contributed by atoms with Gasteiger partial charge in [0.2, 0.25) is 0 Å². The van der Waals surface area contributed by atoms with Gasteiger partial charge in [-0.15, -0.1) is 20.4 Å². The van der Waals surface area contributed by atoms with Crippen molar-refractivity contribution in [2.75, 3.05) is 126 Å². The van der Waals surface area contributed by atoms with Gasteiger partial charge in [-0.25, -0.2) is 18.7 Å². The molecule has 0 spiro atoms. The van der Waals surface area contributed by atoms with Gasteiger partial charge in [0.15, 0.2) is 23.3 Å². The molecule has 0 radical (unpaired) electrons.